The lowest BCUT2D eigenvalue weighted by Crippen LogP contribution is -2.31. The lowest BCUT2D eigenvalue weighted by Gasteiger charge is -2.19. The number of aryl methyl sites for hydroxylation is 1. The van der Waals surface area contributed by atoms with E-state index in [0.717, 1.165) is 11.7 Å². The van der Waals surface area contributed by atoms with Crippen molar-refractivity contribution < 1.29 is 12.8 Å². The quantitative estimate of drug-likeness (QED) is 0.553. The standard InChI is InChI=1S/C17H14FN5O2S2/c1-23-10-9-19-17(23)15(11-5-7-12(18)8-6-11)22-27(24,25)14-4-2-3-13-16(14)21-26-20-13/h2-10,15,22H,1H3/t15-/m0/s1. The van der Waals surface area contributed by atoms with Crippen molar-refractivity contribution >= 4 is 32.8 Å². The van der Waals surface area contributed by atoms with Crippen LogP contribution < -0.4 is 4.72 Å². The Morgan fingerprint density at radius 2 is 1.93 bits per heavy atom. The van der Waals surface area contributed by atoms with Gasteiger partial charge in [-0.05, 0) is 29.8 Å². The fourth-order valence-corrected chi connectivity index (χ4v) is 4.75. The normalized spacial score (nSPS) is 13.1. The highest BCUT2D eigenvalue weighted by atomic mass is 32.2. The van der Waals surface area contributed by atoms with E-state index in [2.05, 4.69) is 18.5 Å². The Morgan fingerprint density at radius 3 is 2.63 bits per heavy atom. The van der Waals surface area contributed by atoms with Gasteiger partial charge in [0.2, 0.25) is 10.0 Å². The van der Waals surface area contributed by atoms with Gasteiger partial charge in [-0.2, -0.15) is 13.5 Å². The zero-order valence-electron chi connectivity index (χ0n) is 14.1. The first-order chi connectivity index (χ1) is 13.0. The molecular weight excluding hydrogens is 389 g/mol. The molecule has 4 aromatic rings. The first kappa shape index (κ1) is 17.7. The monoisotopic (exact) mass is 403 g/mol. The minimum absolute atomic E-state index is 0.0371. The van der Waals surface area contributed by atoms with Gasteiger partial charge in [0.25, 0.3) is 0 Å². The average Bonchev–Trinajstić information content (AvgIpc) is 3.29. The molecule has 0 saturated carbocycles. The number of rotatable bonds is 5. The molecule has 0 amide bonds. The maximum atomic E-state index is 13.3. The van der Waals surface area contributed by atoms with Crippen LogP contribution in [0.1, 0.15) is 17.4 Å². The number of hydrogen-bond donors (Lipinski definition) is 1. The van der Waals surface area contributed by atoms with Crippen molar-refractivity contribution in [3.8, 4) is 0 Å². The molecule has 0 aliphatic carbocycles. The third kappa shape index (κ3) is 3.34. The molecule has 2 heterocycles. The van der Waals surface area contributed by atoms with E-state index in [0.29, 0.717) is 22.4 Å². The third-order valence-electron chi connectivity index (χ3n) is 4.13. The van der Waals surface area contributed by atoms with E-state index in [1.807, 2.05) is 0 Å². The largest absolute Gasteiger partial charge is 0.336 e. The number of imidazole rings is 1. The van der Waals surface area contributed by atoms with Gasteiger partial charge in [0.05, 0.1) is 11.7 Å². The lowest BCUT2D eigenvalue weighted by molar-refractivity contribution is 0.563. The smallest absolute Gasteiger partial charge is 0.243 e. The summed E-state index contributed by atoms with van der Waals surface area (Å²) in [5.41, 5.74) is 1.39. The lowest BCUT2D eigenvalue weighted by atomic mass is 10.1. The number of halogens is 1. The molecule has 1 atom stereocenters. The van der Waals surface area contributed by atoms with Crippen LogP contribution in [0.15, 0.2) is 59.8 Å². The number of aromatic nitrogens is 4. The number of hydrogen-bond acceptors (Lipinski definition) is 6. The second-order valence-corrected chi connectivity index (χ2v) is 8.10. The molecule has 2 aromatic carbocycles. The van der Waals surface area contributed by atoms with E-state index in [4.69, 9.17) is 0 Å². The highest BCUT2D eigenvalue weighted by Gasteiger charge is 2.27. The zero-order valence-corrected chi connectivity index (χ0v) is 15.7. The van der Waals surface area contributed by atoms with Crippen LogP contribution in [0, 0.1) is 5.82 Å². The molecule has 10 heteroatoms. The Kier molecular flexibility index (Phi) is 4.46. The van der Waals surface area contributed by atoms with Crippen molar-refractivity contribution in [2.45, 2.75) is 10.9 Å². The zero-order chi connectivity index (χ0) is 19.0. The summed E-state index contributed by atoms with van der Waals surface area (Å²) >= 11 is 0.950. The van der Waals surface area contributed by atoms with Gasteiger partial charge in [0, 0.05) is 19.4 Å². The molecule has 0 radical (unpaired) electrons. The summed E-state index contributed by atoms with van der Waals surface area (Å²) in [5, 5.41) is 0. The molecule has 0 unspecified atom stereocenters. The van der Waals surface area contributed by atoms with E-state index in [1.54, 1.807) is 36.1 Å². The maximum absolute atomic E-state index is 13.3. The van der Waals surface area contributed by atoms with Gasteiger partial charge < -0.3 is 4.57 Å². The van der Waals surface area contributed by atoms with Crippen molar-refractivity contribution in [2.75, 3.05) is 0 Å². The van der Waals surface area contributed by atoms with Crippen LogP contribution >= 0.6 is 11.7 Å². The SMILES string of the molecule is Cn1ccnc1[C@@H](NS(=O)(=O)c1cccc2nsnc12)c1ccc(F)cc1. The summed E-state index contributed by atoms with van der Waals surface area (Å²) in [6, 6.07) is 9.63. The predicted octanol–water partition coefficient (Wildman–Crippen LogP) is 2.63. The summed E-state index contributed by atoms with van der Waals surface area (Å²) in [6.07, 6.45) is 3.29. The highest BCUT2D eigenvalue weighted by molar-refractivity contribution is 7.89. The van der Waals surface area contributed by atoms with Crippen LogP contribution in [-0.2, 0) is 17.1 Å². The van der Waals surface area contributed by atoms with Gasteiger partial charge in [-0.25, -0.2) is 17.8 Å². The summed E-state index contributed by atoms with van der Waals surface area (Å²) < 4.78 is 52.1. The predicted molar refractivity (Wildman–Crippen MR) is 99.2 cm³/mol. The molecule has 4 rings (SSSR count). The maximum Gasteiger partial charge on any atom is 0.243 e. The molecular formula is C17H14FN5O2S2. The van der Waals surface area contributed by atoms with E-state index in [1.165, 1.54) is 30.3 Å². The van der Waals surface area contributed by atoms with E-state index < -0.39 is 21.9 Å². The van der Waals surface area contributed by atoms with Crippen molar-refractivity contribution in [3.63, 3.8) is 0 Å². The molecule has 138 valence electrons. The van der Waals surface area contributed by atoms with Crippen LogP contribution in [0.2, 0.25) is 0 Å². The second-order valence-electron chi connectivity index (χ2n) is 5.89. The van der Waals surface area contributed by atoms with Gasteiger partial charge >= 0.3 is 0 Å². The van der Waals surface area contributed by atoms with Gasteiger partial charge in [0.1, 0.15) is 33.6 Å². The molecule has 0 fully saturated rings. The summed E-state index contributed by atoms with van der Waals surface area (Å²) in [4.78, 5) is 4.30. The first-order valence-corrected chi connectivity index (χ1v) is 10.1. The number of sulfonamides is 1. The molecule has 0 spiro atoms. The molecule has 0 saturated heterocycles. The second kappa shape index (κ2) is 6.80. The van der Waals surface area contributed by atoms with Crippen molar-refractivity contribution in [2.24, 2.45) is 7.05 Å². The van der Waals surface area contributed by atoms with Gasteiger partial charge in [-0.3, -0.25) is 0 Å². The van der Waals surface area contributed by atoms with Crippen LogP contribution in [0.25, 0.3) is 11.0 Å². The number of nitrogens with one attached hydrogen (secondary N) is 1. The summed E-state index contributed by atoms with van der Waals surface area (Å²) in [6.45, 7) is 0. The van der Waals surface area contributed by atoms with Crippen molar-refractivity contribution in [3.05, 3.63) is 72.1 Å². The molecule has 7 nitrogen and oxygen atoms in total. The average molecular weight is 403 g/mol. The van der Waals surface area contributed by atoms with Crippen LogP contribution in [0.5, 0.6) is 0 Å². The fraction of sp³-hybridized carbons (Fsp3) is 0.118. The van der Waals surface area contributed by atoms with Gasteiger partial charge in [-0.15, -0.1) is 0 Å². The Morgan fingerprint density at radius 1 is 1.15 bits per heavy atom. The third-order valence-corrected chi connectivity index (χ3v) is 6.13. The van der Waals surface area contributed by atoms with Crippen LogP contribution in [-0.4, -0.2) is 26.7 Å². The van der Waals surface area contributed by atoms with E-state index in [9.17, 15) is 12.8 Å². The molecule has 0 aliphatic heterocycles. The summed E-state index contributed by atoms with van der Waals surface area (Å²) in [5.74, 6) is 0.0762. The minimum Gasteiger partial charge on any atom is -0.336 e. The molecule has 0 aliphatic rings. The van der Waals surface area contributed by atoms with E-state index >= 15 is 0 Å². The Hall–Kier alpha value is -2.69. The number of nitrogens with zero attached hydrogens (tertiary/aromatic N) is 4. The van der Waals surface area contributed by atoms with E-state index in [-0.39, 0.29) is 4.90 Å². The van der Waals surface area contributed by atoms with Crippen molar-refractivity contribution in [1.29, 1.82) is 0 Å². The van der Waals surface area contributed by atoms with Crippen LogP contribution in [0.3, 0.4) is 0 Å². The Labute approximate surface area is 158 Å². The van der Waals surface area contributed by atoms with Crippen LogP contribution in [0.4, 0.5) is 4.39 Å². The highest BCUT2D eigenvalue weighted by Crippen LogP contribution is 2.26. The van der Waals surface area contributed by atoms with Gasteiger partial charge in [-0.1, -0.05) is 18.2 Å². The molecule has 1 N–H and O–H groups in total. The Bertz CT molecular complexity index is 1200. The Balaban J connectivity index is 1.80. The number of benzene rings is 2. The topological polar surface area (TPSA) is 89.8 Å². The fourth-order valence-electron chi connectivity index (χ4n) is 2.80. The molecule has 2 aromatic heterocycles. The first-order valence-electron chi connectivity index (χ1n) is 7.92. The molecule has 27 heavy (non-hydrogen) atoms. The van der Waals surface area contributed by atoms with Crippen molar-refractivity contribution in [1.82, 2.24) is 23.0 Å². The number of fused-ring (bicyclic) bond motifs is 1. The summed E-state index contributed by atoms with van der Waals surface area (Å²) in [7, 11) is -2.19. The molecule has 0 bridgehead atoms. The van der Waals surface area contributed by atoms with Gasteiger partial charge in [0.15, 0.2) is 0 Å². The minimum atomic E-state index is -3.95.